The zero-order valence-corrected chi connectivity index (χ0v) is 19.7. The molecule has 0 bridgehead atoms. The second-order valence-electron chi connectivity index (χ2n) is 9.57. The Morgan fingerprint density at radius 2 is 1.90 bits per heavy atom. The lowest BCUT2D eigenvalue weighted by Gasteiger charge is -2.35. The van der Waals surface area contributed by atoms with Gasteiger partial charge in [0, 0.05) is 24.0 Å². The predicted octanol–water partition coefficient (Wildman–Crippen LogP) is 5.49. The molecule has 1 aromatic heterocycles. The summed E-state index contributed by atoms with van der Waals surface area (Å²) >= 11 is 1.59. The number of carbonyl (C=O) groups excluding carboxylic acids is 2. The highest BCUT2D eigenvalue weighted by Crippen LogP contribution is 2.26. The first kappa shape index (κ1) is 23.7. The molecular formula is C23H38N2O3S. The summed E-state index contributed by atoms with van der Waals surface area (Å²) in [5, 5.41) is 3.28. The summed E-state index contributed by atoms with van der Waals surface area (Å²) in [5.74, 6) is 1.09. The lowest BCUT2D eigenvalue weighted by molar-refractivity contribution is 0.0177. The van der Waals surface area contributed by atoms with Gasteiger partial charge in [0.2, 0.25) is 0 Å². The first-order chi connectivity index (χ1) is 13.6. The highest BCUT2D eigenvalue weighted by molar-refractivity contribution is 7.14. The van der Waals surface area contributed by atoms with Crippen molar-refractivity contribution >= 4 is 23.3 Å². The van der Waals surface area contributed by atoms with Gasteiger partial charge >= 0.3 is 6.09 Å². The maximum Gasteiger partial charge on any atom is 0.410 e. The minimum absolute atomic E-state index is 0.0477. The maximum atomic E-state index is 12.7. The van der Waals surface area contributed by atoms with E-state index in [-0.39, 0.29) is 18.0 Å². The topological polar surface area (TPSA) is 58.6 Å². The molecule has 1 atom stereocenters. The number of ether oxygens (including phenoxy) is 1. The van der Waals surface area contributed by atoms with Gasteiger partial charge in [-0.2, -0.15) is 0 Å². The molecule has 5 nitrogen and oxygen atoms in total. The summed E-state index contributed by atoms with van der Waals surface area (Å²) in [7, 11) is 0. The second-order valence-corrected chi connectivity index (χ2v) is 10.7. The van der Waals surface area contributed by atoms with E-state index in [4.69, 9.17) is 4.74 Å². The minimum atomic E-state index is -0.458. The molecule has 1 saturated heterocycles. The summed E-state index contributed by atoms with van der Waals surface area (Å²) in [6, 6.07) is 4.15. The van der Waals surface area contributed by atoms with E-state index < -0.39 is 5.60 Å². The first-order valence-corrected chi connectivity index (χ1v) is 11.8. The van der Waals surface area contributed by atoms with Crippen LogP contribution in [0.1, 0.15) is 81.8 Å². The Balaban J connectivity index is 1.88. The van der Waals surface area contributed by atoms with Crippen LogP contribution >= 0.6 is 11.3 Å². The quantitative estimate of drug-likeness (QED) is 0.632. The molecule has 2 amide bonds. The molecule has 1 unspecified atom stereocenters. The van der Waals surface area contributed by atoms with Crippen molar-refractivity contribution in [2.75, 3.05) is 13.1 Å². The van der Waals surface area contributed by atoms with Gasteiger partial charge in [0.15, 0.2) is 0 Å². The zero-order valence-electron chi connectivity index (χ0n) is 18.9. The fourth-order valence-electron chi connectivity index (χ4n) is 3.81. The normalized spacial score (nSPS) is 16.7. The Bertz CT molecular complexity index is 670. The summed E-state index contributed by atoms with van der Waals surface area (Å²) in [6.07, 6.45) is 4.62. The standard InChI is InChI=1S/C23H38N2O3S/c1-7-19-8-9-20(29-19)21(26)24-18(14-16(2)3)15-17-10-12-25(13-11-17)22(27)28-23(4,5)6/h8-9,16-18H,7,10-15H2,1-6H3,(H,24,26). The molecule has 164 valence electrons. The molecule has 1 fully saturated rings. The molecule has 0 aromatic carbocycles. The SMILES string of the molecule is CCc1ccc(C(=O)NC(CC(C)C)CC2CCN(C(=O)OC(C)(C)C)CC2)s1. The van der Waals surface area contributed by atoms with E-state index in [0.29, 0.717) is 11.8 Å². The van der Waals surface area contributed by atoms with E-state index in [1.807, 2.05) is 37.8 Å². The van der Waals surface area contributed by atoms with Crippen LogP contribution < -0.4 is 5.32 Å². The number of hydrogen-bond donors (Lipinski definition) is 1. The minimum Gasteiger partial charge on any atom is -0.444 e. The number of rotatable bonds is 7. The van der Waals surface area contributed by atoms with Crippen molar-refractivity contribution in [3.8, 4) is 0 Å². The number of nitrogens with one attached hydrogen (secondary N) is 1. The van der Waals surface area contributed by atoms with Crippen LogP contribution in [0.4, 0.5) is 4.79 Å². The fraction of sp³-hybridized carbons (Fsp3) is 0.739. The molecule has 1 N–H and O–H groups in total. The molecule has 0 aliphatic carbocycles. The third-order valence-corrected chi connectivity index (χ3v) is 6.44. The molecule has 1 aliphatic rings. The van der Waals surface area contributed by atoms with Crippen LogP contribution in [0, 0.1) is 11.8 Å². The first-order valence-electron chi connectivity index (χ1n) is 10.9. The van der Waals surface area contributed by atoms with Gasteiger partial charge in [0.25, 0.3) is 5.91 Å². The molecular weight excluding hydrogens is 384 g/mol. The molecule has 29 heavy (non-hydrogen) atoms. The summed E-state index contributed by atoms with van der Waals surface area (Å²) in [5.41, 5.74) is -0.458. The van der Waals surface area contributed by atoms with Crippen LogP contribution in [0.15, 0.2) is 12.1 Å². The number of amides is 2. The van der Waals surface area contributed by atoms with Crippen molar-refractivity contribution in [3.05, 3.63) is 21.9 Å². The summed E-state index contributed by atoms with van der Waals surface area (Å²) in [6.45, 7) is 13.7. The third-order valence-electron chi connectivity index (χ3n) is 5.21. The molecule has 1 aliphatic heterocycles. The van der Waals surface area contributed by atoms with E-state index in [1.54, 1.807) is 11.3 Å². The number of likely N-dealkylation sites (tertiary alicyclic amines) is 1. The molecule has 2 rings (SSSR count). The number of aryl methyl sites for hydroxylation is 1. The van der Waals surface area contributed by atoms with Crippen molar-refractivity contribution in [2.24, 2.45) is 11.8 Å². The Hall–Kier alpha value is -1.56. The van der Waals surface area contributed by atoms with E-state index in [2.05, 4.69) is 26.1 Å². The van der Waals surface area contributed by atoms with Crippen molar-refractivity contribution in [1.29, 1.82) is 0 Å². The number of piperidine rings is 1. The Morgan fingerprint density at radius 1 is 1.24 bits per heavy atom. The monoisotopic (exact) mass is 422 g/mol. The average Bonchev–Trinajstić information content (AvgIpc) is 3.09. The Kier molecular flexibility index (Phi) is 8.56. The maximum absolute atomic E-state index is 12.7. The second kappa shape index (κ2) is 10.5. The highest BCUT2D eigenvalue weighted by atomic mass is 32.1. The van der Waals surface area contributed by atoms with E-state index in [1.165, 1.54) is 4.88 Å². The third kappa shape index (κ3) is 8.00. The predicted molar refractivity (Wildman–Crippen MR) is 120 cm³/mol. The van der Waals surface area contributed by atoms with Gasteiger partial charge < -0.3 is 15.0 Å². The van der Waals surface area contributed by atoms with Crippen molar-refractivity contribution in [1.82, 2.24) is 10.2 Å². The number of hydrogen-bond acceptors (Lipinski definition) is 4. The molecule has 1 aromatic rings. The van der Waals surface area contributed by atoms with Crippen LogP contribution in [-0.2, 0) is 11.2 Å². The number of carbonyl (C=O) groups is 2. The lowest BCUT2D eigenvalue weighted by Crippen LogP contribution is -2.43. The summed E-state index contributed by atoms with van der Waals surface area (Å²) in [4.78, 5) is 28.8. The van der Waals surface area contributed by atoms with E-state index in [0.717, 1.165) is 50.1 Å². The van der Waals surface area contributed by atoms with Crippen molar-refractivity contribution in [3.63, 3.8) is 0 Å². The molecule has 0 saturated carbocycles. The Morgan fingerprint density at radius 3 is 2.41 bits per heavy atom. The molecule has 2 heterocycles. The van der Waals surface area contributed by atoms with Crippen LogP contribution in [0.5, 0.6) is 0 Å². The zero-order chi connectivity index (χ0) is 21.6. The van der Waals surface area contributed by atoms with Crippen molar-refractivity contribution < 1.29 is 14.3 Å². The largest absolute Gasteiger partial charge is 0.444 e. The van der Waals surface area contributed by atoms with E-state index in [9.17, 15) is 9.59 Å². The number of thiophene rings is 1. The van der Waals surface area contributed by atoms with Gasteiger partial charge in [-0.1, -0.05) is 20.8 Å². The van der Waals surface area contributed by atoms with Crippen LogP contribution in [0.3, 0.4) is 0 Å². The van der Waals surface area contributed by atoms with E-state index >= 15 is 0 Å². The van der Waals surface area contributed by atoms with Gasteiger partial charge in [-0.05, 0) is 76.8 Å². The van der Waals surface area contributed by atoms with Gasteiger partial charge in [-0.15, -0.1) is 11.3 Å². The van der Waals surface area contributed by atoms with Crippen LogP contribution in [-0.4, -0.2) is 41.6 Å². The van der Waals surface area contributed by atoms with Gasteiger partial charge in [0.05, 0.1) is 4.88 Å². The smallest absolute Gasteiger partial charge is 0.410 e. The molecule has 6 heteroatoms. The van der Waals surface area contributed by atoms with Crippen LogP contribution in [0.2, 0.25) is 0 Å². The average molecular weight is 423 g/mol. The molecule has 0 radical (unpaired) electrons. The van der Waals surface area contributed by atoms with Gasteiger partial charge in [-0.3, -0.25) is 4.79 Å². The summed E-state index contributed by atoms with van der Waals surface area (Å²) < 4.78 is 5.49. The van der Waals surface area contributed by atoms with Crippen LogP contribution in [0.25, 0.3) is 0 Å². The van der Waals surface area contributed by atoms with Gasteiger partial charge in [0.1, 0.15) is 5.60 Å². The lowest BCUT2D eigenvalue weighted by atomic mass is 9.87. The number of nitrogens with zero attached hydrogens (tertiary/aromatic N) is 1. The highest BCUT2D eigenvalue weighted by Gasteiger charge is 2.29. The van der Waals surface area contributed by atoms with Crippen molar-refractivity contribution in [2.45, 2.75) is 85.3 Å². The molecule has 0 spiro atoms. The Labute approximate surface area is 180 Å². The fourth-order valence-corrected chi connectivity index (χ4v) is 4.66. The van der Waals surface area contributed by atoms with Gasteiger partial charge in [-0.25, -0.2) is 4.79 Å².